The van der Waals surface area contributed by atoms with Gasteiger partial charge in [0.05, 0.1) is 25.4 Å². The standard InChI is InChI=1S/C57H109NO8/c1-3-5-7-9-11-13-15-17-19-20-21-22-23-24-25-26-27-28-29-30-31-32-33-34-36-38-40-42-44-46-51(60)50(49-65-57-56(64)55(63)54(62)52(48-59)66-57)58-53(61)47-45-43-41-39-37-35-18-16-14-12-10-8-6-4-2/h36,38,44,46,50-52,54-57,59-60,62-64H,3-35,37,39-43,45,47-49H2,1-2H3,(H,58,61)/b38-36+,46-44+. The van der Waals surface area contributed by atoms with Crippen LogP contribution in [0.5, 0.6) is 0 Å². The Labute approximate surface area is 407 Å². The van der Waals surface area contributed by atoms with Crippen LogP contribution < -0.4 is 5.32 Å². The number of ether oxygens (including phenoxy) is 2. The summed E-state index contributed by atoms with van der Waals surface area (Å²) in [7, 11) is 0. The molecule has 66 heavy (non-hydrogen) atoms. The molecule has 0 spiro atoms. The maximum atomic E-state index is 13.0. The Kier molecular flexibility index (Phi) is 45.0. The summed E-state index contributed by atoms with van der Waals surface area (Å²) in [6, 6.07) is -0.818. The highest BCUT2D eigenvalue weighted by molar-refractivity contribution is 5.76. The van der Waals surface area contributed by atoms with Gasteiger partial charge in [0.15, 0.2) is 6.29 Å². The monoisotopic (exact) mass is 936 g/mol. The molecule has 1 aliphatic rings. The minimum absolute atomic E-state index is 0.183. The van der Waals surface area contributed by atoms with Crippen LogP contribution in [0.4, 0.5) is 0 Å². The van der Waals surface area contributed by atoms with E-state index in [4.69, 9.17) is 9.47 Å². The molecule has 6 N–H and O–H groups in total. The molecule has 1 aliphatic heterocycles. The van der Waals surface area contributed by atoms with Crippen LogP contribution in [-0.2, 0) is 14.3 Å². The SMILES string of the molecule is CCCCCCCCCCCCCCCCCCCCCCCCC/C=C/CC/C=C/C(O)C(COC1OC(CO)C(O)C(O)C1O)NC(=O)CCCCCCCCCCCCCCCC. The quantitative estimate of drug-likeness (QED) is 0.0261. The van der Waals surface area contributed by atoms with Gasteiger partial charge in [0.1, 0.15) is 24.4 Å². The minimum Gasteiger partial charge on any atom is -0.394 e. The normalized spacial score (nSPS) is 19.9. The maximum Gasteiger partial charge on any atom is 0.220 e. The number of aliphatic hydroxyl groups excluding tert-OH is 5. The van der Waals surface area contributed by atoms with Crippen LogP contribution in [0.15, 0.2) is 24.3 Å². The van der Waals surface area contributed by atoms with Crippen LogP contribution in [-0.4, -0.2) is 87.5 Å². The van der Waals surface area contributed by atoms with Crippen LogP contribution >= 0.6 is 0 Å². The molecular weight excluding hydrogens is 827 g/mol. The van der Waals surface area contributed by atoms with E-state index in [0.717, 1.165) is 38.5 Å². The zero-order chi connectivity index (χ0) is 48.0. The molecular formula is C57H109NO8. The molecule has 9 nitrogen and oxygen atoms in total. The molecule has 390 valence electrons. The number of aliphatic hydroxyl groups is 5. The van der Waals surface area contributed by atoms with Crippen LogP contribution in [0.25, 0.3) is 0 Å². The summed E-state index contributed by atoms with van der Waals surface area (Å²) in [5.74, 6) is -0.183. The van der Waals surface area contributed by atoms with E-state index < -0.39 is 49.5 Å². The van der Waals surface area contributed by atoms with Crippen LogP contribution in [0.2, 0.25) is 0 Å². The third-order valence-electron chi connectivity index (χ3n) is 13.8. The maximum absolute atomic E-state index is 13.0. The summed E-state index contributed by atoms with van der Waals surface area (Å²) >= 11 is 0. The molecule has 1 heterocycles. The average molecular weight is 936 g/mol. The predicted octanol–water partition coefficient (Wildman–Crippen LogP) is 13.8. The van der Waals surface area contributed by atoms with Gasteiger partial charge in [0.25, 0.3) is 0 Å². The highest BCUT2D eigenvalue weighted by Gasteiger charge is 2.44. The molecule has 0 aliphatic carbocycles. The summed E-state index contributed by atoms with van der Waals surface area (Å²) in [5, 5.41) is 54.4. The highest BCUT2D eigenvalue weighted by atomic mass is 16.7. The first-order valence-corrected chi connectivity index (χ1v) is 28.6. The van der Waals surface area contributed by atoms with Gasteiger partial charge in [-0.1, -0.05) is 263 Å². The Balaban J connectivity index is 2.20. The number of nitrogens with one attached hydrogen (secondary N) is 1. The van der Waals surface area contributed by atoms with Crippen molar-refractivity contribution in [1.82, 2.24) is 5.32 Å². The molecule has 0 saturated carbocycles. The van der Waals surface area contributed by atoms with Gasteiger partial charge < -0.3 is 40.3 Å². The van der Waals surface area contributed by atoms with Crippen molar-refractivity contribution in [3.8, 4) is 0 Å². The summed E-state index contributed by atoms with van der Waals surface area (Å²) in [6.45, 7) is 3.79. The van der Waals surface area contributed by atoms with Gasteiger partial charge in [-0.05, 0) is 32.1 Å². The van der Waals surface area contributed by atoms with Crippen molar-refractivity contribution in [2.75, 3.05) is 13.2 Å². The van der Waals surface area contributed by atoms with Crippen LogP contribution in [0.1, 0.15) is 277 Å². The van der Waals surface area contributed by atoms with E-state index in [-0.39, 0.29) is 12.5 Å². The lowest BCUT2D eigenvalue weighted by molar-refractivity contribution is -0.302. The smallest absolute Gasteiger partial charge is 0.220 e. The van der Waals surface area contributed by atoms with Crippen LogP contribution in [0, 0.1) is 0 Å². The second-order valence-corrected chi connectivity index (χ2v) is 20.1. The van der Waals surface area contributed by atoms with Crippen molar-refractivity contribution in [1.29, 1.82) is 0 Å². The molecule has 0 bridgehead atoms. The fourth-order valence-electron chi connectivity index (χ4n) is 9.23. The molecule has 7 unspecified atom stereocenters. The van der Waals surface area contributed by atoms with E-state index in [1.807, 2.05) is 6.08 Å². The van der Waals surface area contributed by atoms with Crippen molar-refractivity contribution < 1.29 is 39.8 Å². The molecule has 0 aromatic heterocycles. The number of carbonyl (C=O) groups is 1. The number of allylic oxidation sites excluding steroid dienone is 3. The minimum atomic E-state index is -1.57. The molecule has 1 amide bonds. The summed E-state index contributed by atoms with van der Waals surface area (Å²) in [6.07, 6.45) is 52.6. The van der Waals surface area contributed by atoms with Gasteiger partial charge in [-0.25, -0.2) is 0 Å². The van der Waals surface area contributed by atoms with Gasteiger partial charge in [0.2, 0.25) is 5.91 Å². The Bertz CT molecular complexity index is 1090. The summed E-state index contributed by atoms with van der Waals surface area (Å²) in [4.78, 5) is 13.0. The van der Waals surface area contributed by atoms with Gasteiger partial charge in [-0.3, -0.25) is 4.79 Å². The zero-order valence-electron chi connectivity index (χ0n) is 43.2. The van der Waals surface area contributed by atoms with Gasteiger partial charge in [-0.15, -0.1) is 0 Å². The average Bonchev–Trinajstić information content (AvgIpc) is 3.32. The molecule has 0 radical (unpaired) electrons. The largest absolute Gasteiger partial charge is 0.394 e. The molecule has 9 heteroatoms. The summed E-state index contributed by atoms with van der Waals surface area (Å²) in [5.41, 5.74) is 0. The fourth-order valence-corrected chi connectivity index (χ4v) is 9.23. The lowest BCUT2D eigenvalue weighted by Gasteiger charge is -2.40. The number of unbranched alkanes of at least 4 members (excludes halogenated alkanes) is 37. The number of hydrogen-bond donors (Lipinski definition) is 6. The van der Waals surface area contributed by atoms with Gasteiger partial charge in [-0.2, -0.15) is 0 Å². The van der Waals surface area contributed by atoms with Crippen LogP contribution in [0.3, 0.4) is 0 Å². The van der Waals surface area contributed by atoms with Crippen molar-refractivity contribution in [3.63, 3.8) is 0 Å². The van der Waals surface area contributed by atoms with Crippen molar-refractivity contribution in [2.45, 2.75) is 320 Å². The number of hydrogen-bond acceptors (Lipinski definition) is 8. The first-order valence-electron chi connectivity index (χ1n) is 28.6. The van der Waals surface area contributed by atoms with Crippen molar-refractivity contribution >= 4 is 5.91 Å². The lowest BCUT2D eigenvalue weighted by Crippen LogP contribution is -2.60. The topological polar surface area (TPSA) is 149 Å². The number of amides is 1. The number of carbonyl (C=O) groups excluding carboxylic acids is 1. The molecule has 1 rings (SSSR count). The Morgan fingerprint density at radius 2 is 0.864 bits per heavy atom. The molecule has 1 saturated heterocycles. The third kappa shape index (κ3) is 36.6. The van der Waals surface area contributed by atoms with Crippen molar-refractivity contribution in [3.05, 3.63) is 24.3 Å². The number of rotatable bonds is 49. The van der Waals surface area contributed by atoms with E-state index in [2.05, 4.69) is 31.3 Å². The molecule has 0 aromatic carbocycles. The zero-order valence-corrected chi connectivity index (χ0v) is 43.2. The van der Waals surface area contributed by atoms with E-state index in [0.29, 0.717) is 6.42 Å². The third-order valence-corrected chi connectivity index (χ3v) is 13.8. The first-order chi connectivity index (χ1) is 32.3. The Morgan fingerprint density at radius 3 is 1.27 bits per heavy atom. The Hall–Kier alpha value is -1.33. The molecule has 7 atom stereocenters. The lowest BCUT2D eigenvalue weighted by atomic mass is 9.99. The Morgan fingerprint density at radius 1 is 0.500 bits per heavy atom. The highest BCUT2D eigenvalue weighted by Crippen LogP contribution is 2.23. The van der Waals surface area contributed by atoms with Gasteiger partial charge in [0, 0.05) is 6.42 Å². The van der Waals surface area contributed by atoms with Gasteiger partial charge >= 0.3 is 0 Å². The first kappa shape index (κ1) is 62.7. The molecule has 0 aromatic rings. The fraction of sp³-hybridized carbons (Fsp3) is 0.912. The van der Waals surface area contributed by atoms with E-state index in [1.165, 1.54) is 218 Å². The van der Waals surface area contributed by atoms with E-state index in [1.54, 1.807) is 6.08 Å². The molecule has 1 fully saturated rings. The second kappa shape index (κ2) is 47.4. The second-order valence-electron chi connectivity index (χ2n) is 20.1. The van der Waals surface area contributed by atoms with Crippen molar-refractivity contribution in [2.24, 2.45) is 0 Å². The summed E-state index contributed by atoms with van der Waals surface area (Å²) < 4.78 is 11.2. The predicted molar refractivity (Wildman–Crippen MR) is 277 cm³/mol. The van der Waals surface area contributed by atoms with E-state index >= 15 is 0 Å². The van der Waals surface area contributed by atoms with E-state index in [9.17, 15) is 30.3 Å².